The molecular formula is C11H15N3S. The standard InChI is InChI=1S/C11H15N3S/c1-15-8-3-2-6-13-11-10(9-12)5-4-7-14-11/h4-5,7H,2-3,6,8H2,1H3,(H,13,14). The molecule has 0 radical (unpaired) electrons. The molecule has 1 heterocycles. The van der Waals surface area contributed by atoms with Crippen molar-refractivity contribution in [1.29, 1.82) is 5.26 Å². The van der Waals surface area contributed by atoms with Crippen molar-refractivity contribution in [2.24, 2.45) is 0 Å². The van der Waals surface area contributed by atoms with Crippen LogP contribution in [-0.4, -0.2) is 23.5 Å². The van der Waals surface area contributed by atoms with Crippen LogP contribution in [-0.2, 0) is 0 Å². The topological polar surface area (TPSA) is 48.7 Å². The summed E-state index contributed by atoms with van der Waals surface area (Å²) in [5.74, 6) is 1.89. The molecule has 0 aliphatic heterocycles. The zero-order valence-electron chi connectivity index (χ0n) is 8.86. The van der Waals surface area contributed by atoms with Crippen LogP contribution in [0, 0.1) is 11.3 Å². The van der Waals surface area contributed by atoms with Gasteiger partial charge in [0.25, 0.3) is 0 Å². The van der Waals surface area contributed by atoms with Gasteiger partial charge < -0.3 is 5.32 Å². The van der Waals surface area contributed by atoms with Crippen molar-refractivity contribution >= 4 is 17.6 Å². The molecule has 0 aliphatic carbocycles. The number of hydrogen-bond acceptors (Lipinski definition) is 4. The summed E-state index contributed by atoms with van der Waals surface area (Å²) < 4.78 is 0. The molecule has 0 atom stereocenters. The zero-order chi connectivity index (χ0) is 10.9. The summed E-state index contributed by atoms with van der Waals surface area (Å²) in [4.78, 5) is 4.13. The van der Waals surface area contributed by atoms with E-state index in [0.29, 0.717) is 11.4 Å². The molecule has 0 bridgehead atoms. The second-order valence-corrected chi connectivity index (χ2v) is 4.12. The maximum atomic E-state index is 8.83. The van der Waals surface area contributed by atoms with Crippen molar-refractivity contribution in [1.82, 2.24) is 4.98 Å². The Kier molecular flexibility index (Phi) is 5.64. The van der Waals surface area contributed by atoms with Crippen LogP contribution in [0.2, 0.25) is 0 Å². The molecule has 1 aromatic rings. The molecule has 1 N–H and O–H groups in total. The van der Waals surface area contributed by atoms with Gasteiger partial charge in [-0.15, -0.1) is 0 Å². The minimum atomic E-state index is 0.613. The first-order valence-electron chi connectivity index (χ1n) is 4.96. The molecule has 15 heavy (non-hydrogen) atoms. The molecule has 3 nitrogen and oxygen atoms in total. The molecule has 0 amide bonds. The molecule has 4 heteroatoms. The number of pyridine rings is 1. The Morgan fingerprint density at radius 3 is 3.13 bits per heavy atom. The fourth-order valence-electron chi connectivity index (χ4n) is 1.21. The maximum absolute atomic E-state index is 8.83. The number of thioether (sulfide) groups is 1. The summed E-state index contributed by atoms with van der Waals surface area (Å²) in [6.07, 6.45) is 6.12. The van der Waals surface area contributed by atoms with Gasteiger partial charge in [0.1, 0.15) is 11.9 Å². The minimum Gasteiger partial charge on any atom is -0.369 e. The van der Waals surface area contributed by atoms with Gasteiger partial charge in [-0.3, -0.25) is 0 Å². The van der Waals surface area contributed by atoms with Crippen LogP contribution < -0.4 is 5.32 Å². The van der Waals surface area contributed by atoms with Gasteiger partial charge in [0.15, 0.2) is 0 Å². The smallest absolute Gasteiger partial charge is 0.143 e. The molecule has 80 valence electrons. The summed E-state index contributed by atoms with van der Waals surface area (Å²) in [7, 11) is 0. The van der Waals surface area contributed by atoms with Crippen molar-refractivity contribution in [3.63, 3.8) is 0 Å². The average Bonchev–Trinajstić information content (AvgIpc) is 2.29. The molecule has 0 fully saturated rings. The number of aromatic nitrogens is 1. The molecule has 1 rings (SSSR count). The lowest BCUT2D eigenvalue weighted by molar-refractivity contribution is 0.839. The van der Waals surface area contributed by atoms with Crippen molar-refractivity contribution in [2.75, 3.05) is 23.9 Å². The average molecular weight is 221 g/mol. The Balaban J connectivity index is 2.34. The molecule has 0 unspecified atom stereocenters. The normalized spacial score (nSPS) is 9.60. The van der Waals surface area contributed by atoms with Crippen LogP contribution in [0.25, 0.3) is 0 Å². The number of unbranched alkanes of at least 4 members (excludes halogenated alkanes) is 1. The van der Waals surface area contributed by atoms with Gasteiger partial charge >= 0.3 is 0 Å². The van der Waals surface area contributed by atoms with E-state index in [9.17, 15) is 0 Å². The summed E-state index contributed by atoms with van der Waals surface area (Å²) in [5, 5.41) is 12.0. The number of nitrogens with zero attached hydrogens (tertiary/aromatic N) is 2. The SMILES string of the molecule is CSCCCCNc1ncccc1C#N. The van der Waals surface area contributed by atoms with Gasteiger partial charge in [0.2, 0.25) is 0 Å². The number of hydrogen-bond donors (Lipinski definition) is 1. The monoisotopic (exact) mass is 221 g/mol. The number of anilines is 1. The Hall–Kier alpha value is -1.21. The van der Waals surface area contributed by atoms with E-state index in [4.69, 9.17) is 5.26 Å². The first-order valence-corrected chi connectivity index (χ1v) is 6.36. The van der Waals surface area contributed by atoms with E-state index in [1.807, 2.05) is 11.8 Å². The van der Waals surface area contributed by atoms with Gasteiger partial charge in [0, 0.05) is 12.7 Å². The van der Waals surface area contributed by atoms with Crippen LogP contribution >= 0.6 is 11.8 Å². The highest BCUT2D eigenvalue weighted by Gasteiger charge is 1.99. The van der Waals surface area contributed by atoms with Gasteiger partial charge in [-0.2, -0.15) is 17.0 Å². The maximum Gasteiger partial charge on any atom is 0.143 e. The van der Waals surface area contributed by atoms with Crippen molar-refractivity contribution in [3.8, 4) is 6.07 Å². The molecular weight excluding hydrogens is 206 g/mol. The summed E-state index contributed by atoms with van der Waals surface area (Å²) in [5.41, 5.74) is 0.613. The van der Waals surface area contributed by atoms with Crippen molar-refractivity contribution < 1.29 is 0 Å². The Bertz CT molecular complexity index is 333. The minimum absolute atomic E-state index is 0.613. The van der Waals surface area contributed by atoms with Crippen LogP contribution in [0.4, 0.5) is 5.82 Å². The second kappa shape index (κ2) is 7.13. The lowest BCUT2D eigenvalue weighted by Gasteiger charge is -2.05. The van der Waals surface area contributed by atoms with E-state index in [2.05, 4.69) is 22.6 Å². The summed E-state index contributed by atoms with van der Waals surface area (Å²) in [6.45, 7) is 0.881. The number of rotatable bonds is 6. The van der Waals surface area contributed by atoms with E-state index >= 15 is 0 Å². The fourth-order valence-corrected chi connectivity index (χ4v) is 1.71. The van der Waals surface area contributed by atoms with Crippen LogP contribution in [0.1, 0.15) is 18.4 Å². The highest BCUT2D eigenvalue weighted by atomic mass is 32.2. The molecule has 1 aromatic heterocycles. The van der Waals surface area contributed by atoms with Crippen molar-refractivity contribution in [3.05, 3.63) is 23.9 Å². The molecule has 0 saturated carbocycles. The van der Waals surface area contributed by atoms with Gasteiger partial charge in [-0.1, -0.05) is 0 Å². The lowest BCUT2D eigenvalue weighted by Crippen LogP contribution is -2.05. The highest BCUT2D eigenvalue weighted by Crippen LogP contribution is 2.09. The van der Waals surface area contributed by atoms with Gasteiger partial charge in [0.05, 0.1) is 5.56 Å². The lowest BCUT2D eigenvalue weighted by atomic mass is 10.2. The van der Waals surface area contributed by atoms with Gasteiger partial charge in [-0.05, 0) is 37.0 Å². The summed E-state index contributed by atoms with van der Waals surface area (Å²) >= 11 is 1.86. The Morgan fingerprint density at radius 2 is 2.40 bits per heavy atom. The summed E-state index contributed by atoms with van der Waals surface area (Å²) in [6, 6.07) is 5.67. The highest BCUT2D eigenvalue weighted by molar-refractivity contribution is 7.98. The third kappa shape index (κ3) is 4.22. The molecule has 0 aliphatic rings. The van der Waals surface area contributed by atoms with Gasteiger partial charge in [-0.25, -0.2) is 4.98 Å². The van der Waals surface area contributed by atoms with Crippen molar-refractivity contribution in [2.45, 2.75) is 12.8 Å². The number of nitrogens with one attached hydrogen (secondary N) is 1. The van der Waals surface area contributed by atoms with E-state index in [1.165, 1.54) is 12.2 Å². The van der Waals surface area contributed by atoms with E-state index in [-0.39, 0.29) is 0 Å². The predicted octanol–water partition coefficient (Wildman–Crippen LogP) is 2.51. The van der Waals surface area contributed by atoms with E-state index in [1.54, 1.807) is 18.3 Å². The molecule has 0 aromatic carbocycles. The largest absolute Gasteiger partial charge is 0.369 e. The van der Waals surface area contributed by atoms with Crippen LogP contribution in [0.5, 0.6) is 0 Å². The Labute approximate surface area is 94.9 Å². The fraction of sp³-hybridized carbons (Fsp3) is 0.455. The molecule has 0 spiro atoms. The first kappa shape index (κ1) is 11.9. The molecule has 0 saturated heterocycles. The quantitative estimate of drug-likeness (QED) is 0.750. The van der Waals surface area contributed by atoms with E-state index in [0.717, 1.165) is 13.0 Å². The third-order valence-corrected chi connectivity index (χ3v) is 2.69. The third-order valence-electron chi connectivity index (χ3n) is 2.00. The second-order valence-electron chi connectivity index (χ2n) is 3.14. The first-order chi connectivity index (χ1) is 7.38. The number of nitriles is 1. The Morgan fingerprint density at radius 1 is 1.53 bits per heavy atom. The predicted molar refractivity (Wildman–Crippen MR) is 65.1 cm³/mol. The van der Waals surface area contributed by atoms with Crippen LogP contribution in [0.15, 0.2) is 18.3 Å². The van der Waals surface area contributed by atoms with E-state index < -0.39 is 0 Å². The van der Waals surface area contributed by atoms with Crippen LogP contribution in [0.3, 0.4) is 0 Å². The zero-order valence-corrected chi connectivity index (χ0v) is 9.68.